The minimum Gasteiger partial charge on any atom is -0.306 e. The summed E-state index contributed by atoms with van der Waals surface area (Å²) < 4.78 is 0. The normalized spacial score (nSPS) is 18.1. The molecule has 1 fully saturated rings. The number of hydrogen-bond acceptors (Lipinski definition) is 5. The number of aromatic amines is 1. The lowest BCUT2D eigenvalue weighted by Crippen LogP contribution is -2.41. The van der Waals surface area contributed by atoms with Crippen LogP contribution < -0.4 is 5.56 Å². The molecule has 0 atom stereocenters. The average Bonchev–Trinajstić information content (AvgIpc) is 2.81. The molecule has 1 aromatic carbocycles. The number of likely N-dealkylation sites (tertiary alicyclic amines) is 1. The molecule has 31 heavy (non-hydrogen) atoms. The van der Waals surface area contributed by atoms with E-state index in [2.05, 4.69) is 50.1 Å². The number of pyridine rings is 1. The second-order valence-electron chi connectivity index (χ2n) is 8.77. The van der Waals surface area contributed by atoms with Gasteiger partial charge in [-0.15, -0.1) is 0 Å². The van der Waals surface area contributed by atoms with Crippen LogP contribution in [0.5, 0.6) is 0 Å². The molecule has 0 unspecified atom stereocenters. The molecule has 2 aliphatic heterocycles. The number of benzene rings is 1. The number of rotatable bonds is 5. The maximum Gasteiger partial charge on any atom is 0.254 e. The molecule has 6 heteroatoms. The Hall–Kier alpha value is -2.83. The second kappa shape index (κ2) is 9.12. The lowest BCUT2D eigenvalue weighted by atomic mass is 9.94. The standard InChI is InChI=1S/C25H29N5O/c31-25-22-10-14-30(18-23(22)27-24(28-25)21-7-4-11-26-15-21)17-20-8-12-29(13-9-20)16-19-5-2-1-3-6-19/h1-7,11,15,20H,8-10,12-14,16-18H2,(H,27,28,31). The number of H-pyrrole nitrogens is 1. The molecule has 0 bridgehead atoms. The highest BCUT2D eigenvalue weighted by molar-refractivity contribution is 5.53. The Morgan fingerprint density at radius 1 is 1.00 bits per heavy atom. The largest absolute Gasteiger partial charge is 0.306 e. The summed E-state index contributed by atoms with van der Waals surface area (Å²) in [6, 6.07) is 14.5. The van der Waals surface area contributed by atoms with Crippen LogP contribution in [0.15, 0.2) is 59.7 Å². The van der Waals surface area contributed by atoms with Crippen LogP contribution in [0.3, 0.4) is 0 Å². The van der Waals surface area contributed by atoms with E-state index in [-0.39, 0.29) is 5.56 Å². The van der Waals surface area contributed by atoms with Gasteiger partial charge in [0.1, 0.15) is 5.82 Å². The zero-order chi connectivity index (χ0) is 21.0. The summed E-state index contributed by atoms with van der Waals surface area (Å²) in [5.41, 5.74) is 4.02. The number of aromatic nitrogens is 3. The molecule has 1 saturated heterocycles. The van der Waals surface area contributed by atoms with E-state index >= 15 is 0 Å². The van der Waals surface area contributed by atoms with Crippen molar-refractivity contribution in [1.82, 2.24) is 24.8 Å². The zero-order valence-corrected chi connectivity index (χ0v) is 17.8. The second-order valence-corrected chi connectivity index (χ2v) is 8.77. The van der Waals surface area contributed by atoms with Crippen molar-refractivity contribution in [3.63, 3.8) is 0 Å². The minimum atomic E-state index is -0.00211. The van der Waals surface area contributed by atoms with Crippen molar-refractivity contribution < 1.29 is 0 Å². The quantitative estimate of drug-likeness (QED) is 0.694. The van der Waals surface area contributed by atoms with E-state index in [1.807, 2.05) is 12.1 Å². The van der Waals surface area contributed by atoms with Gasteiger partial charge in [-0.05, 0) is 56.0 Å². The Balaban J connectivity index is 1.20. The summed E-state index contributed by atoms with van der Waals surface area (Å²) in [5, 5.41) is 0. The lowest BCUT2D eigenvalue weighted by Gasteiger charge is -2.36. The average molecular weight is 416 g/mol. The molecule has 0 amide bonds. The van der Waals surface area contributed by atoms with Crippen LogP contribution in [0, 0.1) is 5.92 Å². The highest BCUT2D eigenvalue weighted by Crippen LogP contribution is 2.23. The predicted octanol–water partition coefficient (Wildman–Crippen LogP) is 3.10. The first-order valence-electron chi connectivity index (χ1n) is 11.3. The number of hydrogen-bond donors (Lipinski definition) is 1. The summed E-state index contributed by atoms with van der Waals surface area (Å²) >= 11 is 0. The molecule has 160 valence electrons. The molecule has 0 aliphatic carbocycles. The van der Waals surface area contributed by atoms with Crippen LogP contribution in [-0.4, -0.2) is 50.9 Å². The number of nitrogens with zero attached hydrogens (tertiary/aromatic N) is 4. The Labute approximate surface area is 183 Å². The first-order chi connectivity index (χ1) is 15.2. The van der Waals surface area contributed by atoms with Gasteiger partial charge in [0.25, 0.3) is 5.56 Å². The minimum absolute atomic E-state index is 0.00211. The van der Waals surface area contributed by atoms with Gasteiger partial charge in [0, 0.05) is 49.7 Å². The third-order valence-corrected chi connectivity index (χ3v) is 6.56. The Morgan fingerprint density at radius 2 is 1.84 bits per heavy atom. The first kappa shape index (κ1) is 20.1. The van der Waals surface area contributed by atoms with Crippen molar-refractivity contribution in [3.8, 4) is 11.4 Å². The third kappa shape index (κ3) is 4.75. The van der Waals surface area contributed by atoms with Gasteiger partial charge in [-0.2, -0.15) is 0 Å². The van der Waals surface area contributed by atoms with Gasteiger partial charge in [-0.25, -0.2) is 4.98 Å². The molecule has 0 spiro atoms. The van der Waals surface area contributed by atoms with E-state index in [0.717, 1.165) is 62.5 Å². The SMILES string of the molecule is O=c1[nH]c(-c2cccnc2)nc2c1CCN(CC1CCN(Cc3ccccc3)CC1)C2. The predicted molar refractivity (Wildman–Crippen MR) is 122 cm³/mol. The maximum absolute atomic E-state index is 12.6. The monoisotopic (exact) mass is 415 g/mol. The highest BCUT2D eigenvalue weighted by Gasteiger charge is 2.26. The number of fused-ring (bicyclic) bond motifs is 1. The topological polar surface area (TPSA) is 65.1 Å². The van der Waals surface area contributed by atoms with Gasteiger partial charge in [-0.3, -0.25) is 19.6 Å². The Kier molecular flexibility index (Phi) is 5.91. The summed E-state index contributed by atoms with van der Waals surface area (Å²) in [6.07, 6.45) is 6.72. The third-order valence-electron chi connectivity index (χ3n) is 6.56. The molecule has 1 N–H and O–H groups in total. The fraction of sp³-hybridized carbons (Fsp3) is 0.400. The summed E-state index contributed by atoms with van der Waals surface area (Å²) in [4.78, 5) is 29.5. The van der Waals surface area contributed by atoms with Crippen molar-refractivity contribution in [2.45, 2.75) is 32.4 Å². The summed E-state index contributed by atoms with van der Waals surface area (Å²) in [5.74, 6) is 1.33. The van der Waals surface area contributed by atoms with Crippen molar-refractivity contribution >= 4 is 0 Å². The van der Waals surface area contributed by atoms with Crippen LogP contribution in [0.1, 0.15) is 29.7 Å². The van der Waals surface area contributed by atoms with Gasteiger partial charge in [0.2, 0.25) is 0 Å². The van der Waals surface area contributed by atoms with Gasteiger partial charge in [0.15, 0.2) is 0 Å². The molecule has 5 rings (SSSR count). The smallest absolute Gasteiger partial charge is 0.254 e. The van der Waals surface area contributed by atoms with Crippen molar-refractivity contribution in [3.05, 3.63) is 82.0 Å². The fourth-order valence-electron chi connectivity index (χ4n) is 4.82. The Morgan fingerprint density at radius 3 is 2.61 bits per heavy atom. The maximum atomic E-state index is 12.6. The van der Waals surface area contributed by atoms with Crippen molar-refractivity contribution in [1.29, 1.82) is 0 Å². The van der Waals surface area contributed by atoms with Crippen LogP contribution in [0.2, 0.25) is 0 Å². The Bertz CT molecular complexity index is 1060. The zero-order valence-electron chi connectivity index (χ0n) is 17.8. The van der Waals surface area contributed by atoms with Crippen molar-refractivity contribution in [2.75, 3.05) is 26.2 Å². The van der Waals surface area contributed by atoms with Gasteiger partial charge >= 0.3 is 0 Å². The molecule has 0 saturated carbocycles. The van der Waals surface area contributed by atoms with Crippen LogP contribution in [-0.2, 0) is 19.5 Å². The molecule has 3 aromatic rings. The molecule has 2 aliphatic rings. The van der Waals surface area contributed by atoms with Gasteiger partial charge in [0.05, 0.1) is 5.69 Å². The summed E-state index contributed by atoms with van der Waals surface area (Å²) in [6.45, 7) is 6.16. The van der Waals surface area contributed by atoms with Crippen LogP contribution in [0.25, 0.3) is 11.4 Å². The van der Waals surface area contributed by atoms with E-state index in [1.54, 1.807) is 12.4 Å². The molecular weight excluding hydrogens is 386 g/mol. The lowest BCUT2D eigenvalue weighted by molar-refractivity contribution is 0.131. The summed E-state index contributed by atoms with van der Waals surface area (Å²) in [7, 11) is 0. The first-order valence-corrected chi connectivity index (χ1v) is 11.3. The van der Waals surface area contributed by atoms with E-state index in [9.17, 15) is 4.79 Å². The van der Waals surface area contributed by atoms with E-state index in [4.69, 9.17) is 4.98 Å². The van der Waals surface area contributed by atoms with Crippen LogP contribution in [0.4, 0.5) is 0 Å². The van der Waals surface area contributed by atoms with Gasteiger partial charge < -0.3 is 4.98 Å². The number of piperidine rings is 1. The van der Waals surface area contributed by atoms with E-state index < -0.39 is 0 Å². The molecule has 6 nitrogen and oxygen atoms in total. The molecule has 0 radical (unpaired) electrons. The van der Waals surface area contributed by atoms with Crippen LogP contribution >= 0.6 is 0 Å². The molecule has 4 heterocycles. The molecule has 2 aromatic heterocycles. The van der Waals surface area contributed by atoms with Crippen molar-refractivity contribution in [2.24, 2.45) is 5.92 Å². The van der Waals surface area contributed by atoms with E-state index in [1.165, 1.54) is 18.4 Å². The highest BCUT2D eigenvalue weighted by atomic mass is 16.1. The van der Waals surface area contributed by atoms with Gasteiger partial charge in [-0.1, -0.05) is 30.3 Å². The number of nitrogens with one attached hydrogen (secondary N) is 1. The fourth-order valence-corrected chi connectivity index (χ4v) is 4.82. The molecular formula is C25H29N5O. The van der Waals surface area contributed by atoms with E-state index in [0.29, 0.717) is 11.7 Å².